The molecule has 0 fully saturated rings. The third kappa shape index (κ3) is 3.37. The maximum absolute atomic E-state index is 13.0. The first kappa shape index (κ1) is 16.7. The number of fused-ring (bicyclic) bond motifs is 1. The molecule has 1 heterocycles. The van der Waals surface area contributed by atoms with E-state index < -0.39 is 27.3 Å². The van der Waals surface area contributed by atoms with Crippen LogP contribution in [0.2, 0.25) is 5.02 Å². The summed E-state index contributed by atoms with van der Waals surface area (Å²) in [6.45, 7) is 0. The number of sulfone groups is 1. The molecule has 1 aromatic heterocycles. The van der Waals surface area contributed by atoms with E-state index in [1.807, 2.05) is 0 Å². The Morgan fingerprint density at radius 3 is 2.79 bits per heavy atom. The van der Waals surface area contributed by atoms with Crippen molar-refractivity contribution in [2.75, 3.05) is 11.1 Å². The first-order valence-corrected chi connectivity index (χ1v) is 9.32. The topological polar surface area (TPSA) is 89.0 Å². The quantitative estimate of drug-likeness (QED) is 0.745. The Morgan fingerprint density at radius 2 is 2.04 bits per heavy atom. The van der Waals surface area contributed by atoms with Crippen LogP contribution in [-0.2, 0) is 14.6 Å². The summed E-state index contributed by atoms with van der Waals surface area (Å²) >= 11 is 6.69. The Kier molecular flexibility index (Phi) is 4.48. The van der Waals surface area contributed by atoms with E-state index in [-0.39, 0.29) is 21.1 Å². The lowest BCUT2D eigenvalue weighted by Crippen LogP contribution is -2.23. The number of halogens is 2. The number of benzene rings is 2. The molecule has 0 bridgehead atoms. The van der Waals surface area contributed by atoms with Crippen LogP contribution in [0.15, 0.2) is 41.3 Å². The predicted molar refractivity (Wildman–Crippen MR) is 89.5 cm³/mol. The van der Waals surface area contributed by atoms with E-state index in [1.165, 1.54) is 18.2 Å². The summed E-state index contributed by atoms with van der Waals surface area (Å²) in [4.78, 5) is 12.0. The van der Waals surface area contributed by atoms with E-state index in [0.29, 0.717) is 5.52 Å². The average Bonchev–Trinajstić information content (AvgIpc) is 2.97. The van der Waals surface area contributed by atoms with Gasteiger partial charge < -0.3 is 5.32 Å². The minimum Gasteiger partial charge on any atom is -0.324 e. The lowest BCUT2D eigenvalue weighted by molar-refractivity contribution is -0.113. The van der Waals surface area contributed by atoms with Gasteiger partial charge in [-0.2, -0.15) is 8.75 Å². The van der Waals surface area contributed by atoms with E-state index in [0.717, 1.165) is 23.9 Å². The molecule has 6 nitrogen and oxygen atoms in total. The maximum Gasteiger partial charge on any atom is 0.240 e. The fourth-order valence-electron chi connectivity index (χ4n) is 2.06. The van der Waals surface area contributed by atoms with Gasteiger partial charge in [-0.3, -0.25) is 4.79 Å². The predicted octanol–water partition coefficient (Wildman–Crippen LogP) is 2.90. The Balaban J connectivity index is 1.84. The smallest absolute Gasteiger partial charge is 0.240 e. The van der Waals surface area contributed by atoms with Crippen LogP contribution in [0.4, 0.5) is 10.1 Å². The number of amides is 1. The number of nitrogens with zero attached hydrogens (tertiary/aromatic N) is 2. The van der Waals surface area contributed by atoms with Crippen molar-refractivity contribution in [3.8, 4) is 0 Å². The van der Waals surface area contributed by atoms with Crippen LogP contribution in [0.5, 0.6) is 0 Å². The second-order valence-electron chi connectivity index (χ2n) is 4.82. The summed E-state index contributed by atoms with van der Waals surface area (Å²) in [5, 5.41) is 2.33. The van der Waals surface area contributed by atoms with Crippen LogP contribution in [0, 0.1) is 5.82 Å². The highest BCUT2D eigenvalue weighted by Crippen LogP contribution is 2.24. The summed E-state index contributed by atoms with van der Waals surface area (Å²) in [7, 11) is -3.92. The highest BCUT2D eigenvalue weighted by atomic mass is 35.5. The molecule has 1 amide bonds. The van der Waals surface area contributed by atoms with Gasteiger partial charge in [0.05, 0.1) is 27.3 Å². The number of rotatable bonds is 4. The van der Waals surface area contributed by atoms with Crippen molar-refractivity contribution in [2.24, 2.45) is 0 Å². The first-order valence-electron chi connectivity index (χ1n) is 6.56. The largest absolute Gasteiger partial charge is 0.324 e. The van der Waals surface area contributed by atoms with Gasteiger partial charge in [0.1, 0.15) is 22.6 Å². The zero-order chi connectivity index (χ0) is 17.3. The number of aromatic nitrogens is 2. The van der Waals surface area contributed by atoms with Crippen LogP contribution in [0.25, 0.3) is 11.0 Å². The van der Waals surface area contributed by atoms with E-state index in [1.54, 1.807) is 6.07 Å². The third-order valence-corrected chi connectivity index (χ3v) is 5.61. The van der Waals surface area contributed by atoms with Gasteiger partial charge in [-0.05, 0) is 30.3 Å². The fraction of sp³-hybridized carbons (Fsp3) is 0.0714. The second-order valence-corrected chi connectivity index (χ2v) is 7.71. The normalized spacial score (nSPS) is 11.6. The number of hydrogen-bond donors (Lipinski definition) is 1. The Hall–Kier alpha value is -2.10. The Labute approximate surface area is 145 Å². The summed E-state index contributed by atoms with van der Waals surface area (Å²) in [5.74, 6) is -2.14. The van der Waals surface area contributed by atoms with Gasteiger partial charge in [-0.15, -0.1) is 0 Å². The van der Waals surface area contributed by atoms with Gasteiger partial charge >= 0.3 is 0 Å². The molecule has 0 spiro atoms. The molecule has 0 aliphatic carbocycles. The third-order valence-electron chi connectivity index (χ3n) is 3.11. The summed E-state index contributed by atoms with van der Waals surface area (Å²) < 4.78 is 45.9. The molecule has 0 saturated heterocycles. The van der Waals surface area contributed by atoms with E-state index in [9.17, 15) is 17.6 Å². The summed E-state index contributed by atoms with van der Waals surface area (Å²) in [6, 6.07) is 7.93. The lowest BCUT2D eigenvalue weighted by Gasteiger charge is -2.08. The SMILES string of the molecule is O=C(CS(=O)(=O)c1cccc2nsnc12)Nc1ccc(F)cc1Cl. The molecular formula is C14H9ClFN3O3S2. The zero-order valence-corrected chi connectivity index (χ0v) is 14.3. The van der Waals surface area contributed by atoms with Crippen LogP contribution in [-0.4, -0.2) is 28.8 Å². The van der Waals surface area contributed by atoms with Gasteiger partial charge in [0.15, 0.2) is 9.84 Å². The van der Waals surface area contributed by atoms with Crippen molar-refractivity contribution in [1.29, 1.82) is 0 Å². The summed E-state index contributed by atoms with van der Waals surface area (Å²) in [5.41, 5.74) is 0.810. The number of hydrogen-bond acceptors (Lipinski definition) is 6. The second kappa shape index (κ2) is 6.42. The molecule has 10 heteroatoms. The van der Waals surface area contributed by atoms with Crippen molar-refractivity contribution >= 4 is 55.8 Å². The van der Waals surface area contributed by atoms with Gasteiger partial charge in [0.2, 0.25) is 5.91 Å². The molecule has 3 aromatic rings. The molecule has 3 rings (SSSR count). The monoisotopic (exact) mass is 385 g/mol. The molecular weight excluding hydrogens is 377 g/mol. The van der Waals surface area contributed by atoms with Gasteiger partial charge in [-0.1, -0.05) is 17.7 Å². The van der Waals surface area contributed by atoms with Crippen LogP contribution in [0.1, 0.15) is 0 Å². The average molecular weight is 386 g/mol. The number of anilines is 1. The van der Waals surface area contributed by atoms with Gasteiger partial charge in [0.25, 0.3) is 0 Å². The molecule has 0 aliphatic rings. The molecule has 0 atom stereocenters. The zero-order valence-electron chi connectivity index (χ0n) is 11.9. The van der Waals surface area contributed by atoms with E-state index in [4.69, 9.17) is 11.6 Å². The fourth-order valence-corrected chi connectivity index (χ4v) is 4.19. The molecule has 124 valence electrons. The molecule has 24 heavy (non-hydrogen) atoms. The molecule has 0 saturated carbocycles. The minimum absolute atomic E-state index is 0.0217. The highest BCUT2D eigenvalue weighted by Gasteiger charge is 2.23. The first-order chi connectivity index (χ1) is 11.4. The van der Waals surface area contributed by atoms with Crippen molar-refractivity contribution in [2.45, 2.75) is 4.90 Å². The highest BCUT2D eigenvalue weighted by molar-refractivity contribution is 7.92. The number of carbonyl (C=O) groups excluding carboxylic acids is 1. The Morgan fingerprint density at radius 1 is 1.25 bits per heavy atom. The van der Waals surface area contributed by atoms with Crippen molar-refractivity contribution < 1.29 is 17.6 Å². The number of nitrogens with one attached hydrogen (secondary N) is 1. The lowest BCUT2D eigenvalue weighted by atomic mass is 10.3. The number of carbonyl (C=O) groups is 1. The maximum atomic E-state index is 13.0. The van der Waals surface area contributed by atoms with Crippen molar-refractivity contribution in [3.63, 3.8) is 0 Å². The van der Waals surface area contributed by atoms with Gasteiger partial charge in [0, 0.05) is 0 Å². The van der Waals surface area contributed by atoms with Crippen LogP contribution >= 0.6 is 23.3 Å². The van der Waals surface area contributed by atoms with Crippen molar-refractivity contribution in [3.05, 3.63) is 47.2 Å². The standard InChI is InChI=1S/C14H9ClFN3O3S2/c15-9-6-8(16)4-5-10(9)17-13(20)7-24(21,22)12-3-1-2-11-14(12)19-23-18-11/h1-6H,7H2,(H,17,20). The van der Waals surface area contributed by atoms with E-state index >= 15 is 0 Å². The molecule has 0 unspecified atom stereocenters. The molecule has 1 N–H and O–H groups in total. The Bertz CT molecular complexity index is 1040. The minimum atomic E-state index is -3.92. The van der Waals surface area contributed by atoms with Crippen LogP contribution < -0.4 is 5.32 Å². The molecule has 2 aromatic carbocycles. The van der Waals surface area contributed by atoms with Gasteiger partial charge in [-0.25, -0.2) is 12.8 Å². The summed E-state index contributed by atoms with van der Waals surface area (Å²) in [6.07, 6.45) is 0. The van der Waals surface area contributed by atoms with E-state index in [2.05, 4.69) is 14.1 Å². The van der Waals surface area contributed by atoms with Crippen molar-refractivity contribution in [1.82, 2.24) is 8.75 Å². The molecule has 0 aliphatic heterocycles. The molecule has 0 radical (unpaired) electrons. The van der Waals surface area contributed by atoms with Crippen LogP contribution in [0.3, 0.4) is 0 Å².